The number of likely N-dealkylation sites (tertiary alicyclic amines) is 1. The fraction of sp³-hybridized carbons (Fsp3) is 1.00. The molecule has 0 aromatic carbocycles. The van der Waals surface area contributed by atoms with Gasteiger partial charge in [-0.3, -0.25) is 0 Å². The molecule has 2 nitrogen and oxygen atoms in total. The molecule has 0 amide bonds. The van der Waals surface area contributed by atoms with Crippen molar-refractivity contribution < 1.29 is 0 Å². The van der Waals surface area contributed by atoms with Crippen LogP contribution in [0.4, 0.5) is 0 Å². The van der Waals surface area contributed by atoms with E-state index >= 15 is 0 Å². The van der Waals surface area contributed by atoms with Gasteiger partial charge in [0.25, 0.3) is 0 Å². The Morgan fingerprint density at radius 1 is 0.864 bits per heavy atom. The summed E-state index contributed by atoms with van der Waals surface area (Å²) in [6.45, 7) is 10.5. The highest BCUT2D eigenvalue weighted by atomic mass is 15.2. The number of unbranched alkanes of at least 4 members (excludes halogenated alkanes) is 9. The molecule has 3 atom stereocenters. The predicted octanol–water partition coefficient (Wildman–Crippen LogP) is 5.21. The average molecular weight is 311 g/mol. The monoisotopic (exact) mass is 310 g/mol. The van der Waals surface area contributed by atoms with Gasteiger partial charge in [0.1, 0.15) is 0 Å². The van der Waals surface area contributed by atoms with Gasteiger partial charge in [0.15, 0.2) is 0 Å². The van der Waals surface area contributed by atoms with E-state index in [1.807, 2.05) is 0 Å². The molecule has 1 aliphatic heterocycles. The van der Waals surface area contributed by atoms with Crippen molar-refractivity contribution in [1.29, 1.82) is 0 Å². The van der Waals surface area contributed by atoms with E-state index in [0.717, 1.165) is 24.9 Å². The Morgan fingerprint density at radius 2 is 1.41 bits per heavy atom. The van der Waals surface area contributed by atoms with Crippen LogP contribution in [0.15, 0.2) is 0 Å². The first kappa shape index (κ1) is 20.0. The summed E-state index contributed by atoms with van der Waals surface area (Å²) in [5.74, 6) is 1.54. The molecule has 0 aromatic heterocycles. The lowest BCUT2D eigenvalue weighted by molar-refractivity contribution is 0.289. The van der Waals surface area contributed by atoms with Crippen molar-refractivity contribution in [1.82, 2.24) is 4.90 Å². The van der Waals surface area contributed by atoms with E-state index in [2.05, 4.69) is 25.7 Å². The summed E-state index contributed by atoms with van der Waals surface area (Å²) in [7, 11) is 0. The summed E-state index contributed by atoms with van der Waals surface area (Å²) in [5, 5.41) is 0. The first-order valence-corrected chi connectivity index (χ1v) is 10.2. The van der Waals surface area contributed by atoms with Gasteiger partial charge in [-0.2, -0.15) is 0 Å². The molecule has 1 rings (SSSR count). The van der Waals surface area contributed by atoms with Gasteiger partial charge >= 0.3 is 0 Å². The molecule has 1 saturated heterocycles. The lowest BCUT2D eigenvalue weighted by Gasteiger charge is -2.22. The van der Waals surface area contributed by atoms with E-state index < -0.39 is 0 Å². The van der Waals surface area contributed by atoms with Crippen LogP contribution in [0.1, 0.15) is 91.4 Å². The zero-order valence-electron chi connectivity index (χ0n) is 15.7. The number of hydrogen-bond acceptors (Lipinski definition) is 2. The molecule has 0 radical (unpaired) electrons. The maximum Gasteiger partial charge on any atom is 0.0211 e. The van der Waals surface area contributed by atoms with E-state index in [9.17, 15) is 0 Å². The third kappa shape index (κ3) is 7.97. The van der Waals surface area contributed by atoms with Crippen molar-refractivity contribution >= 4 is 0 Å². The molecule has 1 heterocycles. The normalized spacial score (nSPS) is 24.0. The lowest BCUT2D eigenvalue weighted by atomic mass is 9.86. The zero-order chi connectivity index (χ0) is 16.2. The summed E-state index contributed by atoms with van der Waals surface area (Å²) >= 11 is 0. The molecule has 1 unspecified atom stereocenters. The second-order valence-electron chi connectivity index (χ2n) is 7.63. The SMILES string of the molecule is CCCCCCCCCCCCC(C)[C@@H]1CN(CC)C[C@H]1N. The van der Waals surface area contributed by atoms with Gasteiger partial charge in [-0.15, -0.1) is 0 Å². The Kier molecular flexibility index (Phi) is 11.2. The van der Waals surface area contributed by atoms with Crippen LogP contribution >= 0.6 is 0 Å². The third-order valence-corrected chi connectivity index (χ3v) is 5.68. The van der Waals surface area contributed by atoms with Gasteiger partial charge in [-0.25, -0.2) is 0 Å². The van der Waals surface area contributed by atoms with Crippen LogP contribution < -0.4 is 5.73 Å². The standard InChI is InChI=1S/C20H42N2/c1-4-6-7-8-9-10-11-12-13-14-15-18(3)19-16-22(5-2)17-20(19)21/h18-20H,4-17,21H2,1-3H3/t18?,19-,20+/m0/s1. The van der Waals surface area contributed by atoms with E-state index in [1.165, 1.54) is 77.2 Å². The van der Waals surface area contributed by atoms with Crippen LogP contribution in [0, 0.1) is 11.8 Å². The highest BCUT2D eigenvalue weighted by molar-refractivity contribution is 4.88. The first-order valence-electron chi connectivity index (χ1n) is 10.2. The molecular weight excluding hydrogens is 268 g/mol. The van der Waals surface area contributed by atoms with Gasteiger partial charge in [0, 0.05) is 19.1 Å². The molecule has 22 heavy (non-hydrogen) atoms. The molecule has 2 N–H and O–H groups in total. The molecule has 0 bridgehead atoms. The Labute approximate surface area is 140 Å². The summed E-state index contributed by atoms with van der Waals surface area (Å²) in [5.41, 5.74) is 6.32. The maximum atomic E-state index is 6.32. The quantitative estimate of drug-likeness (QED) is 0.473. The van der Waals surface area contributed by atoms with E-state index in [-0.39, 0.29) is 0 Å². The third-order valence-electron chi connectivity index (χ3n) is 5.68. The largest absolute Gasteiger partial charge is 0.326 e. The minimum absolute atomic E-state index is 0.415. The number of rotatable bonds is 13. The van der Waals surface area contributed by atoms with Gasteiger partial charge < -0.3 is 10.6 Å². The Balaban J connectivity index is 1.94. The van der Waals surface area contributed by atoms with Crippen molar-refractivity contribution in [2.75, 3.05) is 19.6 Å². The van der Waals surface area contributed by atoms with Gasteiger partial charge in [0.05, 0.1) is 0 Å². The molecule has 132 valence electrons. The Morgan fingerprint density at radius 3 is 1.91 bits per heavy atom. The molecule has 0 spiro atoms. The number of hydrogen-bond donors (Lipinski definition) is 1. The molecule has 0 aromatic rings. The highest BCUT2D eigenvalue weighted by Gasteiger charge is 2.32. The number of likely N-dealkylation sites (N-methyl/N-ethyl adjacent to an activating group) is 1. The van der Waals surface area contributed by atoms with E-state index in [4.69, 9.17) is 5.73 Å². The molecule has 0 saturated carbocycles. The van der Waals surface area contributed by atoms with Crippen molar-refractivity contribution in [3.63, 3.8) is 0 Å². The maximum absolute atomic E-state index is 6.32. The summed E-state index contributed by atoms with van der Waals surface area (Å²) in [6, 6.07) is 0.415. The summed E-state index contributed by atoms with van der Waals surface area (Å²) < 4.78 is 0. The second-order valence-corrected chi connectivity index (χ2v) is 7.63. The number of nitrogens with zero attached hydrogens (tertiary/aromatic N) is 1. The van der Waals surface area contributed by atoms with Crippen LogP contribution in [0.2, 0.25) is 0 Å². The van der Waals surface area contributed by atoms with Crippen LogP contribution in [0.3, 0.4) is 0 Å². The molecular formula is C20H42N2. The fourth-order valence-corrected chi connectivity index (χ4v) is 3.97. The summed E-state index contributed by atoms with van der Waals surface area (Å²) in [4.78, 5) is 2.52. The topological polar surface area (TPSA) is 29.3 Å². The van der Waals surface area contributed by atoms with Crippen LogP contribution in [0.5, 0.6) is 0 Å². The van der Waals surface area contributed by atoms with Gasteiger partial charge in [-0.1, -0.05) is 91.4 Å². The first-order chi connectivity index (χ1) is 10.7. The molecule has 1 fully saturated rings. The fourth-order valence-electron chi connectivity index (χ4n) is 3.97. The summed E-state index contributed by atoms with van der Waals surface area (Å²) in [6.07, 6.45) is 15.7. The smallest absolute Gasteiger partial charge is 0.0211 e. The second kappa shape index (κ2) is 12.4. The Bertz CT molecular complexity index is 254. The van der Waals surface area contributed by atoms with Crippen LogP contribution in [-0.2, 0) is 0 Å². The van der Waals surface area contributed by atoms with Crippen molar-refractivity contribution in [3.8, 4) is 0 Å². The van der Waals surface area contributed by atoms with Crippen molar-refractivity contribution in [3.05, 3.63) is 0 Å². The molecule has 1 aliphatic rings. The number of nitrogens with two attached hydrogens (primary N) is 1. The minimum atomic E-state index is 0.415. The van der Waals surface area contributed by atoms with Gasteiger partial charge in [-0.05, 0) is 18.4 Å². The van der Waals surface area contributed by atoms with Crippen LogP contribution in [0.25, 0.3) is 0 Å². The molecule has 0 aliphatic carbocycles. The van der Waals surface area contributed by atoms with Crippen LogP contribution in [-0.4, -0.2) is 30.6 Å². The minimum Gasteiger partial charge on any atom is -0.326 e. The highest BCUT2D eigenvalue weighted by Crippen LogP contribution is 2.27. The lowest BCUT2D eigenvalue weighted by Crippen LogP contribution is -2.32. The van der Waals surface area contributed by atoms with E-state index in [0.29, 0.717) is 6.04 Å². The molecule has 2 heteroatoms. The van der Waals surface area contributed by atoms with Crippen molar-refractivity contribution in [2.45, 2.75) is 97.4 Å². The average Bonchev–Trinajstić information content (AvgIpc) is 2.90. The zero-order valence-corrected chi connectivity index (χ0v) is 15.7. The van der Waals surface area contributed by atoms with Gasteiger partial charge in [0.2, 0.25) is 0 Å². The van der Waals surface area contributed by atoms with E-state index in [1.54, 1.807) is 0 Å². The Hall–Kier alpha value is -0.0800. The predicted molar refractivity (Wildman–Crippen MR) is 99.2 cm³/mol. The van der Waals surface area contributed by atoms with Crippen molar-refractivity contribution in [2.24, 2.45) is 17.6 Å².